The van der Waals surface area contributed by atoms with Gasteiger partial charge in [-0.3, -0.25) is 0 Å². The van der Waals surface area contributed by atoms with Gasteiger partial charge >= 0.3 is 8.60 Å². The van der Waals surface area contributed by atoms with Gasteiger partial charge in [0, 0.05) is 5.92 Å². The van der Waals surface area contributed by atoms with Gasteiger partial charge in [0.2, 0.25) is 0 Å². The summed E-state index contributed by atoms with van der Waals surface area (Å²) in [5.74, 6) is 0.423. The van der Waals surface area contributed by atoms with Crippen LogP contribution in [0.15, 0.2) is 43.0 Å². The summed E-state index contributed by atoms with van der Waals surface area (Å²) in [5.41, 5.74) is 1.13. The first kappa shape index (κ1) is 12.7. The van der Waals surface area contributed by atoms with Crippen molar-refractivity contribution in [2.24, 2.45) is 5.92 Å². The highest BCUT2D eigenvalue weighted by atomic mass is 31.2. The van der Waals surface area contributed by atoms with E-state index in [4.69, 9.17) is 13.6 Å². The third-order valence-electron chi connectivity index (χ3n) is 2.51. The fraction of sp³-hybridized carbons (Fsp3) is 0.385. The molecule has 1 heterocycles. The molecule has 0 bridgehead atoms. The van der Waals surface area contributed by atoms with E-state index in [-0.39, 0.29) is 0 Å². The molecule has 0 atom stereocenters. The summed E-state index contributed by atoms with van der Waals surface area (Å²) in [6.45, 7) is 5.65. The van der Waals surface area contributed by atoms with E-state index in [1.807, 2.05) is 36.4 Å². The Morgan fingerprint density at radius 3 is 2.65 bits per heavy atom. The highest BCUT2D eigenvalue weighted by Crippen LogP contribution is 2.44. The van der Waals surface area contributed by atoms with Gasteiger partial charge in [0.25, 0.3) is 0 Å². The van der Waals surface area contributed by atoms with Crippen molar-refractivity contribution in [3.8, 4) is 0 Å². The first-order valence-corrected chi connectivity index (χ1v) is 6.81. The molecule has 1 aliphatic heterocycles. The first-order chi connectivity index (χ1) is 8.38. The predicted molar refractivity (Wildman–Crippen MR) is 68.4 cm³/mol. The molecular weight excluding hydrogens is 235 g/mol. The third kappa shape index (κ3) is 4.21. The van der Waals surface area contributed by atoms with Crippen LogP contribution in [0.3, 0.4) is 0 Å². The van der Waals surface area contributed by atoms with Gasteiger partial charge in [-0.15, -0.1) is 6.58 Å². The summed E-state index contributed by atoms with van der Waals surface area (Å²) >= 11 is 0. The highest BCUT2D eigenvalue weighted by Gasteiger charge is 2.23. The van der Waals surface area contributed by atoms with Crippen molar-refractivity contribution in [1.29, 1.82) is 0 Å². The molecule has 0 spiro atoms. The van der Waals surface area contributed by atoms with Crippen LogP contribution in [0.4, 0.5) is 0 Å². The molecule has 1 fully saturated rings. The van der Waals surface area contributed by atoms with Crippen LogP contribution in [0.5, 0.6) is 0 Å². The fourth-order valence-corrected chi connectivity index (χ4v) is 2.71. The fourth-order valence-electron chi connectivity index (χ4n) is 1.57. The monoisotopic (exact) mass is 252 g/mol. The van der Waals surface area contributed by atoms with Crippen LogP contribution in [0, 0.1) is 5.92 Å². The van der Waals surface area contributed by atoms with Crippen LogP contribution in [0.25, 0.3) is 0 Å². The second kappa shape index (κ2) is 6.87. The summed E-state index contributed by atoms with van der Waals surface area (Å²) in [6, 6.07) is 10.0. The molecule has 3 nitrogen and oxygen atoms in total. The molecule has 0 saturated carbocycles. The molecule has 1 aromatic rings. The second-order valence-corrected chi connectivity index (χ2v) is 5.19. The van der Waals surface area contributed by atoms with Crippen molar-refractivity contribution in [3.05, 3.63) is 48.6 Å². The zero-order valence-electron chi connectivity index (χ0n) is 9.75. The molecule has 4 heteroatoms. The normalized spacial score (nSPS) is 24.5. The number of hydrogen-bond acceptors (Lipinski definition) is 3. The maximum absolute atomic E-state index is 5.59. The van der Waals surface area contributed by atoms with E-state index < -0.39 is 8.60 Å². The molecule has 0 amide bonds. The Labute approximate surface area is 103 Å². The Bertz CT molecular complexity index is 334. The second-order valence-electron chi connectivity index (χ2n) is 3.96. The smallest absolute Gasteiger partial charge is 0.312 e. The Hall–Kier alpha value is -0.730. The molecule has 0 aromatic heterocycles. The molecule has 2 rings (SSSR count). The van der Waals surface area contributed by atoms with Gasteiger partial charge in [0.1, 0.15) is 0 Å². The van der Waals surface area contributed by atoms with Crippen molar-refractivity contribution in [2.45, 2.75) is 13.0 Å². The molecule has 0 N–H and O–H groups in total. The quantitative estimate of drug-likeness (QED) is 0.591. The first-order valence-electron chi connectivity index (χ1n) is 5.72. The van der Waals surface area contributed by atoms with Crippen LogP contribution in [-0.2, 0) is 20.2 Å². The highest BCUT2D eigenvalue weighted by molar-refractivity contribution is 7.41. The van der Waals surface area contributed by atoms with E-state index in [1.165, 1.54) is 0 Å². The van der Waals surface area contributed by atoms with Crippen molar-refractivity contribution in [2.75, 3.05) is 13.2 Å². The van der Waals surface area contributed by atoms with E-state index in [2.05, 4.69) is 6.58 Å². The molecule has 0 radical (unpaired) electrons. The van der Waals surface area contributed by atoms with E-state index in [1.54, 1.807) is 0 Å². The van der Waals surface area contributed by atoms with Crippen LogP contribution in [0.2, 0.25) is 0 Å². The number of benzene rings is 1. The van der Waals surface area contributed by atoms with E-state index in [9.17, 15) is 0 Å². The molecule has 92 valence electrons. The van der Waals surface area contributed by atoms with Crippen LogP contribution in [0.1, 0.15) is 12.0 Å². The largest absolute Gasteiger partial charge is 0.333 e. The molecule has 0 unspecified atom stereocenters. The van der Waals surface area contributed by atoms with Crippen LogP contribution < -0.4 is 0 Å². The molecule has 1 aliphatic rings. The van der Waals surface area contributed by atoms with Crippen molar-refractivity contribution in [3.63, 3.8) is 0 Å². The minimum absolute atomic E-state index is 0.423. The lowest BCUT2D eigenvalue weighted by Gasteiger charge is -2.26. The zero-order valence-corrected chi connectivity index (χ0v) is 10.6. The Morgan fingerprint density at radius 1 is 1.29 bits per heavy atom. The van der Waals surface area contributed by atoms with Gasteiger partial charge in [-0.25, -0.2) is 0 Å². The maximum Gasteiger partial charge on any atom is 0.333 e. The van der Waals surface area contributed by atoms with Gasteiger partial charge in [0.05, 0.1) is 19.8 Å². The average molecular weight is 252 g/mol. The van der Waals surface area contributed by atoms with Crippen molar-refractivity contribution < 1.29 is 13.6 Å². The number of hydrogen-bond donors (Lipinski definition) is 0. The Kier molecular flexibility index (Phi) is 5.14. The van der Waals surface area contributed by atoms with Crippen molar-refractivity contribution in [1.82, 2.24) is 0 Å². The number of allylic oxidation sites excluding steroid dienone is 1. The molecular formula is C13H17O3P. The standard InChI is InChI=1S/C13H17O3P/c1-2-6-13-10-15-17(16-11-13)14-9-12-7-4-3-5-8-12/h2-5,7-8,13H,1,6,9-11H2. The van der Waals surface area contributed by atoms with Crippen molar-refractivity contribution >= 4 is 8.60 Å². The molecule has 1 aromatic carbocycles. The summed E-state index contributed by atoms with van der Waals surface area (Å²) in [4.78, 5) is 0. The Balaban J connectivity index is 1.70. The molecule has 17 heavy (non-hydrogen) atoms. The SMILES string of the molecule is C=CCC1COP(OCc2ccccc2)OC1. The topological polar surface area (TPSA) is 27.7 Å². The van der Waals surface area contributed by atoms with Gasteiger partial charge < -0.3 is 13.6 Å². The molecule has 1 saturated heterocycles. The molecule has 0 aliphatic carbocycles. The minimum atomic E-state index is -1.17. The average Bonchev–Trinajstić information content (AvgIpc) is 2.40. The zero-order chi connectivity index (χ0) is 11.9. The van der Waals surface area contributed by atoms with Gasteiger partial charge in [-0.05, 0) is 12.0 Å². The number of rotatable bonds is 5. The third-order valence-corrected chi connectivity index (χ3v) is 3.57. The minimum Gasteiger partial charge on any atom is -0.312 e. The predicted octanol–water partition coefficient (Wildman–Crippen LogP) is 3.67. The summed E-state index contributed by atoms with van der Waals surface area (Å²) in [6.07, 6.45) is 2.83. The van der Waals surface area contributed by atoms with Gasteiger partial charge in [-0.2, -0.15) is 0 Å². The summed E-state index contributed by atoms with van der Waals surface area (Å²) in [7, 11) is -1.17. The van der Waals surface area contributed by atoms with E-state index in [0.717, 1.165) is 12.0 Å². The Morgan fingerprint density at radius 2 is 2.00 bits per heavy atom. The van der Waals surface area contributed by atoms with Gasteiger partial charge in [0.15, 0.2) is 0 Å². The lowest BCUT2D eigenvalue weighted by molar-refractivity contribution is 0.0706. The van der Waals surface area contributed by atoms with E-state index >= 15 is 0 Å². The lowest BCUT2D eigenvalue weighted by Crippen LogP contribution is -2.19. The summed E-state index contributed by atoms with van der Waals surface area (Å²) < 4.78 is 16.7. The van der Waals surface area contributed by atoms with Crippen LogP contribution in [-0.4, -0.2) is 13.2 Å². The lowest BCUT2D eigenvalue weighted by atomic mass is 10.1. The maximum atomic E-state index is 5.59. The van der Waals surface area contributed by atoms with Crippen LogP contribution >= 0.6 is 8.60 Å². The van der Waals surface area contributed by atoms with Gasteiger partial charge in [-0.1, -0.05) is 36.4 Å². The van der Waals surface area contributed by atoms with E-state index in [0.29, 0.717) is 25.7 Å². The summed E-state index contributed by atoms with van der Waals surface area (Å²) in [5, 5.41) is 0.